The Bertz CT molecular complexity index is 425. The Labute approximate surface area is 112 Å². The molecule has 1 fully saturated rings. The molecule has 5 heteroatoms. The molecule has 1 amide bonds. The van der Waals surface area contributed by atoms with Crippen molar-refractivity contribution in [3.63, 3.8) is 0 Å². The zero-order valence-electron chi connectivity index (χ0n) is 10.8. The first-order valence-corrected chi connectivity index (χ1v) is 6.39. The lowest BCUT2D eigenvalue weighted by Crippen LogP contribution is -2.26. The number of aromatic nitrogens is 1. The highest BCUT2D eigenvalue weighted by Gasteiger charge is 2.16. The molecule has 1 saturated heterocycles. The number of carbonyl (C=O) groups is 1. The van der Waals surface area contributed by atoms with Crippen LogP contribution in [0.15, 0.2) is 31.0 Å². The van der Waals surface area contributed by atoms with E-state index in [9.17, 15) is 4.79 Å². The maximum atomic E-state index is 11.6. The smallest absolute Gasteiger partial charge is 0.253 e. The highest BCUT2D eigenvalue weighted by Crippen LogP contribution is 2.15. The number of amides is 1. The number of ether oxygens (including phenoxy) is 2. The Morgan fingerprint density at radius 3 is 2.95 bits per heavy atom. The van der Waals surface area contributed by atoms with E-state index < -0.39 is 0 Å². The molecule has 0 saturated carbocycles. The first kappa shape index (κ1) is 13.5. The minimum atomic E-state index is -0.162. The topological polar surface area (TPSA) is 60.5 Å². The molecule has 0 aliphatic carbocycles. The van der Waals surface area contributed by atoms with Gasteiger partial charge in [0.1, 0.15) is 6.10 Å². The van der Waals surface area contributed by atoms with E-state index >= 15 is 0 Å². The predicted octanol–water partition coefficient (Wildman–Crippen LogP) is 1.56. The molecule has 0 atom stereocenters. The van der Waals surface area contributed by atoms with Crippen molar-refractivity contribution in [3.05, 3.63) is 36.5 Å². The third-order valence-corrected chi connectivity index (χ3v) is 2.86. The van der Waals surface area contributed by atoms with E-state index in [0.29, 0.717) is 18.0 Å². The lowest BCUT2D eigenvalue weighted by atomic mass is 10.1. The molecule has 0 radical (unpaired) electrons. The number of carbonyl (C=O) groups excluding carboxylic acids is 1. The lowest BCUT2D eigenvalue weighted by molar-refractivity contribution is 0.0237. The van der Waals surface area contributed by atoms with Gasteiger partial charge in [0, 0.05) is 31.6 Å². The Hall–Kier alpha value is -1.88. The molecule has 0 spiro atoms. The molecule has 1 aliphatic rings. The van der Waals surface area contributed by atoms with Crippen LogP contribution in [0.25, 0.3) is 0 Å². The van der Waals surface area contributed by atoms with Crippen molar-refractivity contribution in [1.29, 1.82) is 0 Å². The van der Waals surface area contributed by atoms with Crippen LogP contribution in [0.1, 0.15) is 23.2 Å². The minimum Gasteiger partial charge on any atom is -0.474 e. The zero-order valence-corrected chi connectivity index (χ0v) is 10.8. The van der Waals surface area contributed by atoms with E-state index in [0.717, 1.165) is 26.1 Å². The molecule has 0 aromatic carbocycles. The molecule has 2 heterocycles. The van der Waals surface area contributed by atoms with Crippen molar-refractivity contribution >= 4 is 5.91 Å². The van der Waals surface area contributed by atoms with E-state index in [-0.39, 0.29) is 12.0 Å². The molecular weight excluding hydrogens is 244 g/mol. The Kier molecular flexibility index (Phi) is 4.92. The average Bonchev–Trinajstić information content (AvgIpc) is 2.46. The van der Waals surface area contributed by atoms with Crippen LogP contribution in [0.2, 0.25) is 0 Å². The number of nitrogens with zero attached hydrogens (tertiary/aromatic N) is 1. The molecule has 0 bridgehead atoms. The second-order valence-electron chi connectivity index (χ2n) is 4.31. The summed E-state index contributed by atoms with van der Waals surface area (Å²) in [6.45, 7) is 5.45. The average molecular weight is 262 g/mol. The zero-order chi connectivity index (χ0) is 13.5. The number of rotatable bonds is 5. The second kappa shape index (κ2) is 6.89. The van der Waals surface area contributed by atoms with Crippen molar-refractivity contribution in [2.45, 2.75) is 18.9 Å². The van der Waals surface area contributed by atoms with Crippen LogP contribution in [0.3, 0.4) is 0 Å². The largest absolute Gasteiger partial charge is 0.474 e. The SMILES string of the molecule is C=CCNC(=O)c1ccc(OC2CCOCC2)nc1. The number of hydrogen-bond donors (Lipinski definition) is 1. The van der Waals surface area contributed by atoms with Gasteiger partial charge in [-0.25, -0.2) is 4.98 Å². The minimum absolute atomic E-state index is 0.154. The number of nitrogens with one attached hydrogen (secondary N) is 1. The van der Waals surface area contributed by atoms with Crippen molar-refractivity contribution < 1.29 is 14.3 Å². The maximum absolute atomic E-state index is 11.6. The normalized spacial score (nSPS) is 15.8. The summed E-state index contributed by atoms with van der Waals surface area (Å²) < 4.78 is 11.0. The van der Waals surface area contributed by atoms with E-state index in [2.05, 4.69) is 16.9 Å². The number of hydrogen-bond acceptors (Lipinski definition) is 4. The summed E-state index contributed by atoms with van der Waals surface area (Å²) in [6, 6.07) is 3.43. The summed E-state index contributed by atoms with van der Waals surface area (Å²) in [5, 5.41) is 2.70. The molecule has 2 rings (SSSR count). The predicted molar refractivity (Wildman–Crippen MR) is 71.2 cm³/mol. The fraction of sp³-hybridized carbons (Fsp3) is 0.429. The molecular formula is C14H18N2O3. The van der Waals surface area contributed by atoms with Gasteiger partial charge in [-0.05, 0) is 6.07 Å². The van der Waals surface area contributed by atoms with Crippen LogP contribution in [-0.2, 0) is 4.74 Å². The van der Waals surface area contributed by atoms with Crippen LogP contribution in [0.4, 0.5) is 0 Å². The second-order valence-corrected chi connectivity index (χ2v) is 4.31. The van der Waals surface area contributed by atoms with Crippen LogP contribution < -0.4 is 10.1 Å². The third kappa shape index (κ3) is 4.06. The van der Waals surface area contributed by atoms with Gasteiger partial charge < -0.3 is 14.8 Å². The van der Waals surface area contributed by atoms with Crippen LogP contribution >= 0.6 is 0 Å². The molecule has 1 aliphatic heterocycles. The summed E-state index contributed by atoms with van der Waals surface area (Å²) in [7, 11) is 0. The fourth-order valence-electron chi connectivity index (χ4n) is 1.82. The lowest BCUT2D eigenvalue weighted by Gasteiger charge is -2.22. The van der Waals surface area contributed by atoms with Crippen LogP contribution in [0.5, 0.6) is 5.88 Å². The molecule has 102 valence electrons. The van der Waals surface area contributed by atoms with Gasteiger partial charge in [0.25, 0.3) is 5.91 Å². The fourth-order valence-corrected chi connectivity index (χ4v) is 1.82. The van der Waals surface area contributed by atoms with E-state index in [1.54, 1.807) is 18.2 Å². The van der Waals surface area contributed by atoms with Crippen molar-refractivity contribution in [1.82, 2.24) is 10.3 Å². The first-order valence-electron chi connectivity index (χ1n) is 6.39. The summed E-state index contributed by atoms with van der Waals surface area (Å²) >= 11 is 0. The highest BCUT2D eigenvalue weighted by molar-refractivity contribution is 5.93. The van der Waals surface area contributed by atoms with Gasteiger partial charge in [-0.1, -0.05) is 6.08 Å². The van der Waals surface area contributed by atoms with Gasteiger partial charge in [-0.3, -0.25) is 4.79 Å². The van der Waals surface area contributed by atoms with Gasteiger partial charge >= 0.3 is 0 Å². The molecule has 1 aromatic rings. The Morgan fingerprint density at radius 2 is 2.32 bits per heavy atom. The molecule has 0 unspecified atom stereocenters. The van der Waals surface area contributed by atoms with Crippen molar-refractivity contribution in [3.8, 4) is 5.88 Å². The maximum Gasteiger partial charge on any atom is 0.253 e. The standard InChI is InChI=1S/C14H18N2O3/c1-2-7-15-14(17)11-3-4-13(16-10-11)19-12-5-8-18-9-6-12/h2-4,10,12H,1,5-9H2,(H,15,17). The van der Waals surface area contributed by atoms with E-state index in [1.165, 1.54) is 6.20 Å². The van der Waals surface area contributed by atoms with E-state index in [1.807, 2.05) is 0 Å². The number of pyridine rings is 1. The molecule has 19 heavy (non-hydrogen) atoms. The molecule has 1 N–H and O–H groups in total. The summed E-state index contributed by atoms with van der Waals surface area (Å²) in [6.07, 6.45) is 5.06. The van der Waals surface area contributed by atoms with Gasteiger partial charge in [-0.2, -0.15) is 0 Å². The van der Waals surface area contributed by atoms with Gasteiger partial charge in [0.2, 0.25) is 5.88 Å². The van der Waals surface area contributed by atoms with E-state index in [4.69, 9.17) is 9.47 Å². The van der Waals surface area contributed by atoms with Gasteiger partial charge in [-0.15, -0.1) is 6.58 Å². The monoisotopic (exact) mass is 262 g/mol. The Morgan fingerprint density at radius 1 is 1.53 bits per heavy atom. The Balaban J connectivity index is 1.90. The van der Waals surface area contributed by atoms with Gasteiger partial charge in [0.15, 0.2) is 0 Å². The van der Waals surface area contributed by atoms with Crippen molar-refractivity contribution in [2.75, 3.05) is 19.8 Å². The van der Waals surface area contributed by atoms with Crippen LogP contribution in [0, 0.1) is 0 Å². The summed E-state index contributed by atoms with van der Waals surface area (Å²) in [5.41, 5.74) is 0.515. The van der Waals surface area contributed by atoms with Gasteiger partial charge in [0.05, 0.1) is 18.8 Å². The quantitative estimate of drug-likeness (QED) is 0.818. The first-order chi connectivity index (χ1) is 9.29. The van der Waals surface area contributed by atoms with Crippen molar-refractivity contribution in [2.24, 2.45) is 0 Å². The molecule has 5 nitrogen and oxygen atoms in total. The highest BCUT2D eigenvalue weighted by atomic mass is 16.5. The van der Waals surface area contributed by atoms with Crippen LogP contribution in [-0.4, -0.2) is 36.8 Å². The summed E-state index contributed by atoms with van der Waals surface area (Å²) in [5.74, 6) is 0.386. The third-order valence-electron chi connectivity index (χ3n) is 2.86. The summed E-state index contributed by atoms with van der Waals surface area (Å²) in [4.78, 5) is 15.8. The molecule has 1 aromatic heterocycles.